The fourth-order valence-corrected chi connectivity index (χ4v) is 2.91. The smallest absolute Gasteiger partial charge is 0.144 e. The molecule has 1 aromatic heterocycles. The number of nitrogens with zero attached hydrogens (tertiary/aromatic N) is 1. The van der Waals surface area contributed by atoms with Crippen LogP contribution >= 0.6 is 31.9 Å². The molecule has 0 aliphatic carbocycles. The number of nitrogens with one attached hydrogen (secondary N) is 1. The molecule has 0 radical (unpaired) electrons. The fraction of sp³-hybridized carbons (Fsp3) is 0.214. The summed E-state index contributed by atoms with van der Waals surface area (Å²) in [6, 6.07) is 8.32. The Hall–Kier alpha value is -0.870. The molecule has 2 aromatic rings. The number of anilines is 2. The summed E-state index contributed by atoms with van der Waals surface area (Å²) in [5.74, 6) is 0.835. The molecule has 0 bridgehead atoms. The van der Waals surface area contributed by atoms with Crippen molar-refractivity contribution in [3.05, 3.63) is 50.5 Å². The van der Waals surface area contributed by atoms with Gasteiger partial charge >= 0.3 is 0 Å². The summed E-state index contributed by atoms with van der Waals surface area (Å²) in [6.07, 6.45) is 2.79. The van der Waals surface area contributed by atoms with E-state index in [2.05, 4.69) is 74.2 Å². The monoisotopic (exact) mass is 368 g/mol. The molecule has 0 aliphatic rings. The van der Waals surface area contributed by atoms with Crippen molar-refractivity contribution in [2.75, 3.05) is 5.32 Å². The van der Waals surface area contributed by atoms with Crippen LogP contribution in [0.1, 0.15) is 18.1 Å². The zero-order valence-electron chi connectivity index (χ0n) is 10.3. The molecule has 0 aliphatic heterocycles. The van der Waals surface area contributed by atoms with Gasteiger partial charge in [0.05, 0.1) is 4.47 Å². The predicted molar refractivity (Wildman–Crippen MR) is 83.5 cm³/mol. The van der Waals surface area contributed by atoms with E-state index in [1.807, 2.05) is 6.07 Å². The number of pyridine rings is 1. The van der Waals surface area contributed by atoms with E-state index in [0.717, 1.165) is 26.9 Å². The zero-order valence-corrected chi connectivity index (χ0v) is 13.5. The third kappa shape index (κ3) is 2.93. The van der Waals surface area contributed by atoms with Gasteiger partial charge in [-0.15, -0.1) is 0 Å². The molecule has 2 rings (SSSR count). The summed E-state index contributed by atoms with van der Waals surface area (Å²) in [5.41, 5.74) is 3.67. The van der Waals surface area contributed by atoms with E-state index in [-0.39, 0.29) is 0 Å². The number of hydrogen-bond donors (Lipinski definition) is 1. The van der Waals surface area contributed by atoms with Crippen molar-refractivity contribution in [2.45, 2.75) is 20.3 Å². The van der Waals surface area contributed by atoms with Crippen LogP contribution in [-0.2, 0) is 6.42 Å². The Balaban J connectivity index is 2.39. The fourth-order valence-electron chi connectivity index (χ4n) is 1.83. The van der Waals surface area contributed by atoms with E-state index in [4.69, 9.17) is 0 Å². The van der Waals surface area contributed by atoms with Crippen molar-refractivity contribution in [1.29, 1.82) is 0 Å². The van der Waals surface area contributed by atoms with Crippen LogP contribution in [-0.4, -0.2) is 4.98 Å². The number of rotatable bonds is 3. The lowest BCUT2D eigenvalue weighted by molar-refractivity contribution is 1.13. The summed E-state index contributed by atoms with van der Waals surface area (Å²) in [4.78, 5) is 4.38. The lowest BCUT2D eigenvalue weighted by atomic mass is 10.1. The molecule has 0 saturated carbocycles. The van der Waals surface area contributed by atoms with Gasteiger partial charge < -0.3 is 5.32 Å². The van der Waals surface area contributed by atoms with Crippen LogP contribution in [0.15, 0.2) is 39.4 Å². The van der Waals surface area contributed by atoms with Gasteiger partial charge in [-0.25, -0.2) is 4.98 Å². The molecule has 4 heteroatoms. The molecule has 18 heavy (non-hydrogen) atoms. The van der Waals surface area contributed by atoms with Gasteiger partial charge in [0, 0.05) is 16.4 Å². The van der Waals surface area contributed by atoms with E-state index >= 15 is 0 Å². The van der Waals surface area contributed by atoms with Gasteiger partial charge in [-0.3, -0.25) is 0 Å². The largest absolute Gasteiger partial charge is 0.339 e. The van der Waals surface area contributed by atoms with Gasteiger partial charge in [-0.1, -0.05) is 25.1 Å². The molecule has 1 heterocycles. The van der Waals surface area contributed by atoms with Crippen LogP contribution in [0.2, 0.25) is 0 Å². The Kier molecular flexibility index (Phi) is 4.40. The number of benzene rings is 1. The summed E-state index contributed by atoms with van der Waals surface area (Å²) < 4.78 is 1.91. The molecular formula is C14H14Br2N2. The first-order valence-electron chi connectivity index (χ1n) is 5.78. The van der Waals surface area contributed by atoms with Crippen LogP contribution in [0.4, 0.5) is 11.5 Å². The number of para-hydroxylation sites is 1. The maximum Gasteiger partial charge on any atom is 0.144 e. The van der Waals surface area contributed by atoms with Gasteiger partial charge in [-0.05, 0) is 62.4 Å². The lowest BCUT2D eigenvalue weighted by Gasteiger charge is -2.14. The Morgan fingerprint density at radius 1 is 1.28 bits per heavy atom. The zero-order chi connectivity index (χ0) is 13.1. The van der Waals surface area contributed by atoms with Crippen molar-refractivity contribution in [1.82, 2.24) is 4.98 Å². The van der Waals surface area contributed by atoms with E-state index in [1.54, 1.807) is 6.20 Å². The first-order chi connectivity index (χ1) is 8.61. The average molecular weight is 370 g/mol. The Bertz CT molecular complexity index is 568. The van der Waals surface area contributed by atoms with Crippen molar-refractivity contribution in [3.63, 3.8) is 0 Å². The van der Waals surface area contributed by atoms with Crippen molar-refractivity contribution in [2.24, 2.45) is 0 Å². The molecule has 1 aromatic carbocycles. The summed E-state index contributed by atoms with van der Waals surface area (Å²) >= 11 is 6.92. The van der Waals surface area contributed by atoms with Gasteiger partial charge in [0.1, 0.15) is 5.82 Å². The number of aryl methyl sites for hydroxylation is 2. The van der Waals surface area contributed by atoms with E-state index < -0.39 is 0 Å². The highest BCUT2D eigenvalue weighted by Crippen LogP contribution is 2.29. The van der Waals surface area contributed by atoms with Gasteiger partial charge in [0.25, 0.3) is 0 Å². The molecule has 0 saturated heterocycles. The molecule has 0 amide bonds. The van der Waals surface area contributed by atoms with Crippen molar-refractivity contribution in [3.8, 4) is 0 Å². The van der Waals surface area contributed by atoms with Crippen LogP contribution in [0.3, 0.4) is 0 Å². The molecule has 94 valence electrons. The summed E-state index contributed by atoms with van der Waals surface area (Å²) in [5, 5.41) is 3.41. The second kappa shape index (κ2) is 5.85. The minimum absolute atomic E-state index is 0.835. The third-order valence-electron chi connectivity index (χ3n) is 2.79. The second-order valence-electron chi connectivity index (χ2n) is 4.07. The molecule has 0 fully saturated rings. The van der Waals surface area contributed by atoms with Gasteiger partial charge in [0.15, 0.2) is 0 Å². The minimum Gasteiger partial charge on any atom is -0.339 e. The normalized spacial score (nSPS) is 10.4. The van der Waals surface area contributed by atoms with Crippen LogP contribution < -0.4 is 5.32 Å². The van der Waals surface area contributed by atoms with E-state index in [0.29, 0.717) is 0 Å². The van der Waals surface area contributed by atoms with E-state index in [1.165, 1.54) is 11.1 Å². The van der Waals surface area contributed by atoms with Gasteiger partial charge in [-0.2, -0.15) is 0 Å². The maximum atomic E-state index is 4.38. The van der Waals surface area contributed by atoms with Crippen molar-refractivity contribution >= 4 is 43.4 Å². The number of halogens is 2. The van der Waals surface area contributed by atoms with Gasteiger partial charge in [0.2, 0.25) is 0 Å². The Morgan fingerprint density at radius 3 is 2.72 bits per heavy atom. The minimum atomic E-state index is 0.835. The highest BCUT2D eigenvalue weighted by atomic mass is 79.9. The SMILES string of the molecule is CCc1cccc(C)c1Nc1ncc(Br)cc1Br. The molecule has 0 atom stereocenters. The molecular weight excluding hydrogens is 356 g/mol. The summed E-state index contributed by atoms with van der Waals surface area (Å²) in [6.45, 7) is 4.26. The summed E-state index contributed by atoms with van der Waals surface area (Å²) in [7, 11) is 0. The average Bonchev–Trinajstić information content (AvgIpc) is 2.34. The first kappa shape index (κ1) is 13.6. The second-order valence-corrected chi connectivity index (χ2v) is 5.84. The van der Waals surface area contributed by atoms with Crippen LogP contribution in [0.25, 0.3) is 0 Å². The standard InChI is InChI=1S/C14H14Br2N2/c1-3-10-6-4-5-9(2)13(10)18-14-12(16)7-11(15)8-17-14/h4-8H,3H2,1-2H3,(H,17,18). The molecule has 0 unspecified atom stereocenters. The third-order valence-corrected chi connectivity index (χ3v) is 3.83. The lowest BCUT2D eigenvalue weighted by Crippen LogP contribution is -2.00. The highest BCUT2D eigenvalue weighted by Gasteiger charge is 2.08. The Morgan fingerprint density at radius 2 is 2.06 bits per heavy atom. The van der Waals surface area contributed by atoms with Crippen LogP contribution in [0.5, 0.6) is 0 Å². The van der Waals surface area contributed by atoms with Crippen molar-refractivity contribution < 1.29 is 0 Å². The quantitative estimate of drug-likeness (QED) is 0.801. The topological polar surface area (TPSA) is 24.9 Å². The number of hydrogen-bond acceptors (Lipinski definition) is 2. The first-order valence-corrected chi connectivity index (χ1v) is 7.37. The molecule has 2 nitrogen and oxygen atoms in total. The predicted octanol–water partition coefficient (Wildman–Crippen LogP) is 5.22. The molecule has 0 spiro atoms. The number of aromatic nitrogens is 1. The molecule has 1 N–H and O–H groups in total. The maximum absolute atomic E-state index is 4.38. The van der Waals surface area contributed by atoms with E-state index in [9.17, 15) is 0 Å². The van der Waals surface area contributed by atoms with Crippen LogP contribution in [0, 0.1) is 6.92 Å². The Labute approximate surface area is 124 Å². The highest BCUT2D eigenvalue weighted by molar-refractivity contribution is 9.11.